The number of anilines is 1. The summed E-state index contributed by atoms with van der Waals surface area (Å²) in [5.74, 6) is 11.0. The van der Waals surface area contributed by atoms with E-state index in [0.29, 0.717) is 5.56 Å². The van der Waals surface area contributed by atoms with Crippen LogP contribution in [0.2, 0.25) is 0 Å². The van der Waals surface area contributed by atoms with Crippen LogP contribution in [0.25, 0.3) is 11.1 Å². The molecule has 1 amide bonds. The number of alkyl halides is 2. The van der Waals surface area contributed by atoms with Gasteiger partial charge in [0.2, 0.25) is 0 Å². The first-order valence-electron chi connectivity index (χ1n) is 10.9. The molecule has 4 rings (SSSR count). The molecule has 0 aromatic carbocycles. The number of aliphatic hydroxyl groups is 1. The Kier molecular flexibility index (Phi) is 6.98. The molecule has 1 unspecified atom stereocenters. The van der Waals surface area contributed by atoms with Crippen molar-refractivity contribution in [2.75, 3.05) is 11.9 Å². The fourth-order valence-corrected chi connectivity index (χ4v) is 3.40. The summed E-state index contributed by atoms with van der Waals surface area (Å²) in [6.45, 7) is 1.42. The molecule has 0 radical (unpaired) electrons. The first-order chi connectivity index (χ1) is 16.8. The van der Waals surface area contributed by atoms with Crippen LogP contribution >= 0.6 is 0 Å². The van der Waals surface area contributed by atoms with Crippen molar-refractivity contribution in [3.05, 3.63) is 59.8 Å². The Morgan fingerprint density at radius 2 is 2.11 bits per heavy atom. The van der Waals surface area contributed by atoms with E-state index in [2.05, 4.69) is 25.5 Å². The van der Waals surface area contributed by atoms with Gasteiger partial charge in [-0.3, -0.25) is 19.5 Å². The Labute approximate surface area is 199 Å². The Hall–Kier alpha value is -3.97. The molecular formula is C22H25F2N9O2. The predicted molar refractivity (Wildman–Crippen MR) is 124 cm³/mol. The molecule has 1 aliphatic rings. The van der Waals surface area contributed by atoms with Crippen molar-refractivity contribution in [3.63, 3.8) is 0 Å². The molecule has 35 heavy (non-hydrogen) atoms. The molecule has 13 heteroatoms. The number of carbonyl (C=O) groups is 1. The van der Waals surface area contributed by atoms with E-state index < -0.39 is 18.4 Å². The number of aliphatic hydroxyl groups excluding tert-OH is 1. The smallest absolute Gasteiger partial charge is 0.275 e. The number of hydrogen-bond acceptors (Lipinski definition) is 8. The van der Waals surface area contributed by atoms with E-state index in [0.717, 1.165) is 24.0 Å². The highest BCUT2D eigenvalue weighted by Gasteiger charge is 2.26. The number of nitrogens with zero attached hydrogens (tertiary/aromatic N) is 6. The average molecular weight is 485 g/mol. The van der Waals surface area contributed by atoms with Gasteiger partial charge < -0.3 is 16.3 Å². The van der Waals surface area contributed by atoms with Gasteiger partial charge >= 0.3 is 0 Å². The van der Waals surface area contributed by atoms with Crippen LogP contribution in [0.15, 0.2) is 48.0 Å². The van der Waals surface area contributed by atoms with E-state index in [9.17, 15) is 18.7 Å². The zero-order chi connectivity index (χ0) is 25.1. The maximum Gasteiger partial charge on any atom is 0.275 e. The van der Waals surface area contributed by atoms with Crippen molar-refractivity contribution in [3.8, 4) is 11.1 Å². The van der Waals surface area contributed by atoms with Crippen LogP contribution in [0.1, 0.15) is 54.0 Å². The molecule has 0 bridgehead atoms. The number of pyridine rings is 2. The second kappa shape index (κ2) is 10.1. The van der Waals surface area contributed by atoms with Gasteiger partial charge in [0.15, 0.2) is 5.84 Å². The van der Waals surface area contributed by atoms with Crippen LogP contribution in [-0.2, 0) is 0 Å². The normalized spacial score (nSPS) is 14.7. The number of hydrogen-bond donors (Lipinski definition) is 4. The minimum atomic E-state index is -2.77. The van der Waals surface area contributed by atoms with Gasteiger partial charge in [-0.15, -0.1) is 0 Å². The molecule has 1 fully saturated rings. The monoisotopic (exact) mass is 485 g/mol. The lowest BCUT2D eigenvalue weighted by atomic mass is 10.0. The molecular weight excluding hydrogens is 460 g/mol. The first kappa shape index (κ1) is 24.2. The van der Waals surface area contributed by atoms with Crippen molar-refractivity contribution >= 4 is 17.6 Å². The van der Waals surface area contributed by atoms with Crippen LogP contribution in [-0.4, -0.2) is 54.3 Å². The lowest BCUT2D eigenvalue weighted by Crippen LogP contribution is -2.47. The van der Waals surface area contributed by atoms with Crippen LogP contribution < -0.4 is 17.0 Å². The topological polar surface area (TPSA) is 161 Å². The number of halogens is 2. The van der Waals surface area contributed by atoms with Gasteiger partial charge in [0.25, 0.3) is 12.3 Å². The van der Waals surface area contributed by atoms with E-state index in [1.165, 1.54) is 18.3 Å². The molecule has 3 aromatic rings. The average Bonchev–Trinajstić information content (AvgIpc) is 3.60. The molecule has 1 saturated carbocycles. The number of rotatable bonds is 8. The second-order valence-corrected chi connectivity index (χ2v) is 8.15. The first-order valence-corrected chi connectivity index (χ1v) is 10.9. The number of carbonyl (C=O) groups excluding carboxylic acids is 1. The standard InChI is InChI=1S/C22H25F2N9O2/c1-12(11-34)33(26)21(31-25)17-3-2-4-19(29-17)30-22(35)18-7-15(16(9-27-18)20(23)24)13-8-28-32(10-13)14-5-6-14/h2-4,7-10,12,14,20,34H,5-6,11,25-26H2,1H3,(H,29,30,35)/b31-21-. The van der Waals surface area contributed by atoms with Crippen LogP contribution in [0.5, 0.6) is 0 Å². The van der Waals surface area contributed by atoms with Gasteiger partial charge in [0.1, 0.15) is 17.2 Å². The van der Waals surface area contributed by atoms with Gasteiger partial charge in [-0.1, -0.05) is 6.07 Å². The molecule has 184 valence electrons. The highest BCUT2D eigenvalue weighted by Crippen LogP contribution is 2.37. The van der Waals surface area contributed by atoms with E-state index in [1.807, 2.05) is 0 Å². The number of amides is 1. The quantitative estimate of drug-likeness (QED) is 0.163. The van der Waals surface area contributed by atoms with Crippen LogP contribution in [0.4, 0.5) is 14.6 Å². The van der Waals surface area contributed by atoms with Crippen molar-refractivity contribution in [1.82, 2.24) is 24.8 Å². The molecule has 0 spiro atoms. The fourth-order valence-electron chi connectivity index (χ4n) is 3.40. The fraction of sp³-hybridized carbons (Fsp3) is 0.318. The summed E-state index contributed by atoms with van der Waals surface area (Å²) in [6, 6.07) is 5.82. The molecule has 6 N–H and O–H groups in total. The Bertz CT molecular complexity index is 1240. The predicted octanol–water partition coefficient (Wildman–Crippen LogP) is 2.04. The van der Waals surface area contributed by atoms with E-state index in [1.54, 1.807) is 29.9 Å². The third-order valence-corrected chi connectivity index (χ3v) is 5.56. The zero-order valence-electron chi connectivity index (χ0n) is 18.8. The maximum atomic E-state index is 13.6. The number of amidine groups is 1. The highest BCUT2D eigenvalue weighted by molar-refractivity contribution is 6.03. The van der Waals surface area contributed by atoms with Crippen molar-refractivity contribution in [1.29, 1.82) is 0 Å². The van der Waals surface area contributed by atoms with Crippen molar-refractivity contribution in [2.45, 2.75) is 38.3 Å². The Balaban J connectivity index is 1.59. The number of hydrazine groups is 1. The number of nitrogens with one attached hydrogen (secondary N) is 1. The lowest BCUT2D eigenvalue weighted by molar-refractivity contribution is 0.102. The highest BCUT2D eigenvalue weighted by atomic mass is 19.3. The summed E-state index contributed by atoms with van der Waals surface area (Å²) in [5.41, 5.74) is 0.554. The van der Waals surface area contributed by atoms with E-state index in [4.69, 9.17) is 11.7 Å². The van der Waals surface area contributed by atoms with E-state index in [-0.39, 0.29) is 46.8 Å². The van der Waals surface area contributed by atoms with Gasteiger partial charge in [-0.2, -0.15) is 10.2 Å². The molecule has 1 aliphatic carbocycles. The summed E-state index contributed by atoms with van der Waals surface area (Å²) in [5, 5.41) is 21.0. The van der Waals surface area contributed by atoms with Crippen LogP contribution in [0, 0.1) is 0 Å². The molecule has 3 aromatic heterocycles. The molecule has 11 nitrogen and oxygen atoms in total. The van der Waals surface area contributed by atoms with Gasteiger partial charge in [0, 0.05) is 23.5 Å². The number of aromatic nitrogens is 4. The summed E-state index contributed by atoms with van der Waals surface area (Å²) in [7, 11) is 0. The Morgan fingerprint density at radius 3 is 2.77 bits per heavy atom. The molecule has 1 atom stereocenters. The maximum absolute atomic E-state index is 13.6. The molecule has 0 aliphatic heterocycles. The third kappa shape index (κ3) is 5.25. The zero-order valence-corrected chi connectivity index (χ0v) is 18.8. The Morgan fingerprint density at radius 1 is 1.34 bits per heavy atom. The van der Waals surface area contributed by atoms with Crippen molar-refractivity contribution in [2.24, 2.45) is 16.8 Å². The van der Waals surface area contributed by atoms with Gasteiger partial charge in [-0.25, -0.2) is 19.6 Å². The van der Waals surface area contributed by atoms with Crippen LogP contribution in [0.3, 0.4) is 0 Å². The minimum Gasteiger partial charge on any atom is -0.394 e. The van der Waals surface area contributed by atoms with Gasteiger partial charge in [-0.05, 0) is 43.5 Å². The summed E-state index contributed by atoms with van der Waals surface area (Å²) in [6.07, 6.45) is 3.42. The summed E-state index contributed by atoms with van der Waals surface area (Å²) < 4.78 is 29.0. The lowest BCUT2D eigenvalue weighted by Gasteiger charge is -2.25. The summed E-state index contributed by atoms with van der Waals surface area (Å²) >= 11 is 0. The SMILES string of the molecule is CC(CO)N(N)/C(=N\N)c1cccc(NC(=O)c2cc(-c3cnn(C4CC4)c3)c(C(F)F)cn2)n1. The third-order valence-electron chi connectivity index (χ3n) is 5.56. The van der Waals surface area contributed by atoms with Crippen molar-refractivity contribution < 1.29 is 18.7 Å². The van der Waals surface area contributed by atoms with E-state index >= 15 is 0 Å². The summed E-state index contributed by atoms with van der Waals surface area (Å²) in [4.78, 5) is 21.1. The number of hydrazone groups is 1. The minimum absolute atomic E-state index is 0.0714. The largest absolute Gasteiger partial charge is 0.394 e. The van der Waals surface area contributed by atoms with Gasteiger partial charge in [0.05, 0.1) is 24.9 Å². The molecule has 0 saturated heterocycles. The molecule has 3 heterocycles. The number of nitrogens with two attached hydrogens (primary N) is 2. The second-order valence-electron chi connectivity index (χ2n) is 8.15.